The fourth-order valence-corrected chi connectivity index (χ4v) is 4.66. The number of carbonyl (C=O) groups is 1. The molecular weight excluding hydrogens is 340 g/mol. The molecule has 0 aliphatic carbocycles. The highest BCUT2D eigenvalue weighted by atomic mass is 35.5. The fraction of sp³-hybridized carbons (Fsp3) is 0.533. The minimum atomic E-state index is -3.62. The van der Waals surface area contributed by atoms with Crippen LogP contribution in [0, 0.1) is 0 Å². The zero-order valence-corrected chi connectivity index (χ0v) is 15.0. The number of hydrogen-bond donors (Lipinski definition) is 0. The van der Waals surface area contributed by atoms with Crippen LogP contribution in [0.5, 0.6) is 0 Å². The smallest absolute Gasteiger partial charge is 0.338 e. The topological polar surface area (TPSA) is 66.9 Å². The van der Waals surface area contributed by atoms with Crippen molar-refractivity contribution in [2.45, 2.75) is 33.4 Å². The first-order valence-corrected chi connectivity index (χ1v) is 9.41. The van der Waals surface area contributed by atoms with Crippen LogP contribution in [0.2, 0.25) is 0 Å². The number of anilines is 1. The standard InChI is InChI=1S/C15H21ClN2O4S/c1-4-22-15(19)12-5-6-14-13(9-12)10-18(11(2)3)23(20,21)17(14)8-7-16/h5-6,9,11H,4,7-8,10H2,1-3H3. The van der Waals surface area contributed by atoms with Gasteiger partial charge in [0.05, 0.1) is 17.9 Å². The Kier molecular flexibility index (Phi) is 5.54. The van der Waals surface area contributed by atoms with Gasteiger partial charge in [-0.1, -0.05) is 0 Å². The Labute approximate surface area is 142 Å². The van der Waals surface area contributed by atoms with Gasteiger partial charge in [0.25, 0.3) is 0 Å². The molecule has 0 N–H and O–H groups in total. The number of fused-ring (bicyclic) bond motifs is 1. The quantitative estimate of drug-likeness (QED) is 0.597. The predicted molar refractivity (Wildman–Crippen MR) is 90.1 cm³/mol. The lowest BCUT2D eigenvalue weighted by Crippen LogP contribution is -2.50. The Morgan fingerprint density at radius 1 is 1.39 bits per heavy atom. The Morgan fingerprint density at radius 3 is 2.65 bits per heavy atom. The van der Waals surface area contributed by atoms with Crippen molar-refractivity contribution in [3.8, 4) is 0 Å². The van der Waals surface area contributed by atoms with E-state index in [-0.39, 0.29) is 25.0 Å². The van der Waals surface area contributed by atoms with Gasteiger partial charge >= 0.3 is 16.2 Å². The molecule has 1 aliphatic heterocycles. The Morgan fingerprint density at radius 2 is 2.09 bits per heavy atom. The summed E-state index contributed by atoms with van der Waals surface area (Å²) in [4.78, 5) is 11.9. The van der Waals surface area contributed by atoms with Crippen LogP contribution >= 0.6 is 11.6 Å². The van der Waals surface area contributed by atoms with E-state index in [4.69, 9.17) is 16.3 Å². The molecule has 0 saturated heterocycles. The summed E-state index contributed by atoms with van der Waals surface area (Å²) >= 11 is 5.78. The van der Waals surface area contributed by atoms with E-state index in [2.05, 4.69) is 0 Å². The summed E-state index contributed by atoms with van der Waals surface area (Å²) in [7, 11) is -3.62. The minimum absolute atomic E-state index is 0.179. The van der Waals surface area contributed by atoms with Gasteiger partial charge in [0.1, 0.15) is 0 Å². The fourth-order valence-electron chi connectivity index (χ4n) is 2.56. The van der Waals surface area contributed by atoms with Gasteiger partial charge in [-0.05, 0) is 44.5 Å². The number of hydrogen-bond acceptors (Lipinski definition) is 4. The van der Waals surface area contributed by atoms with Crippen LogP contribution in [0.1, 0.15) is 36.7 Å². The second kappa shape index (κ2) is 7.07. The monoisotopic (exact) mass is 360 g/mol. The lowest BCUT2D eigenvalue weighted by molar-refractivity contribution is 0.0526. The lowest BCUT2D eigenvalue weighted by atomic mass is 10.1. The third kappa shape index (κ3) is 3.46. The number of esters is 1. The van der Waals surface area contributed by atoms with Gasteiger partial charge in [-0.2, -0.15) is 12.7 Å². The third-order valence-corrected chi connectivity index (χ3v) is 5.87. The SMILES string of the molecule is CCOC(=O)c1ccc2c(c1)CN(C(C)C)S(=O)(=O)N2CCCl. The van der Waals surface area contributed by atoms with Crippen molar-refractivity contribution in [1.29, 1.82) is 0 Å². The highest BCUT2D eigenvalue weighted by Gasteiger charge is 2.37. The summed E-state index contributed by atoms with van der Waals surface area (Å²) in [5, 5.41) is 0. The molecule has 0 amide bonds. The van der Waals surface area contributed by atoms with Crippen molar-refractivity contribution in [2.75, 3.05) is 23.3 Å². The lowest BCUT2D eigenvalue weighted by Gasteiger charge is -2.39. The van der Waals surface area contributed by atoms with Crippen LogP contribution in [0.25, 0.3) is 0 Å². The van der Waals surface area contributed by atoms with Gasteiger partial charge in [0, 0.05) is 25.0 Å². The molecule has 1 aliphatic rings. The van der Waals surface area contributed by atoms with E-state index in [0.717, 1.165) is 5.56 Å². The maximum Gasteiger partial charge on any atom is 0.338 e. The van der Waals surface area contributed by atoms with Gasteiger partial charge in [0.15, 0.2) is 0 Å². The van der Waals surface area contributed by atoms with E-state index in [0.29, 0.717) is 17.9 Å². The molecule has 0 atom stereocenters. The molecule has 1 aromatic rings. The summed E-state index contributed by atoms with van der Waals surface area (Å²) in [6, 6.07) is 4.72. The molecule has 128 valence electrons. The number of halogens is 1. The summed E-state index contributed by atoms with van der Waals surface area (Å²) in [6.45, 7) is 6.07. The number of alkyl halides is 1. The molecule has 0 bridgehead atoms. The van der Waals surface area contributed by atoms with Crippen molar-refractivity contribution in [1.82, 2.24) is 4.31 Å². The van der Waals surface area contributed by atoms with E-state index in [9.17, 15) is 13.2 Å². The Hall–Kier alpha value is -1.31. The summed E-state index contributed by atoms with van der Waals surface area (Å²) < 4.78 is 33.2. The maximum absolute atomic E-state index is 12.7. The molecule has 0 unspecified atom stereocenters. The zero-order chi connectivity index (χ0) is 17.2. The molecule has 6 nitrogen and oxygen atoms in total. The molecule has 0 spiro atoms. The second-order valence-corrected chi connectivity index (χ2v) is 7.66. The minimum Gasteiger partial charge on any atom is -0.462 e. The van der Waals surface area contributed by atoms with Crippen molar-refractivity contribution in [2.24, 2.45) is 0 Å². The van der Waals surface area contributed by atoms with Crippen LogP contribution < -0.4 is 4.31 Å². The maximum atomic E-state index is 12.7. The summed E-state index contributed by atoms with van der Waals surface area (Å²) in [5.41, 5.74) is 1.75. The van der Waals surface area contributed by atoms with Crippen LogP contribution in [0.3, 0.4) is 0 Å². The van der Waals surface area contributed by atoms with E-state index < -0.39 is 16.2 Å². The molecule has 1 aromatic carbocycles. The third-order valence-electron chi connectivity index (χ3n) is 3.62. The molecule has 0 aromatic heterocycles. The van der Waals surface area contributed by atoms with Gasteiger partial charge in [-0.15, -0.1) is 11.6 Å². The number of benzene rings is 1. The van der Waals surface area contributed by atoms with Crippen molar-refractivity contribution >= 4 is 33.5 Å². The molecular formula is C15H21ClN2O4S. The van der Waals surface area contributed by atoms with Crippen molar-refractivity contribution in [3.63, 3.8) is 0 Å². The van der Waals surface area contributed by atoms with Crippen LogP contribution in [-0.4, -0.2) is 43.8 Å². The van der Waals surface area contributed by atoms with Crippen LogP contribution in [-0.2, 0) is 21.5 Å². The van der Waals surface area contributed by atoms with E-state index in [1.165, 1.54) is 8.61 Å². The average Bonchev–Trinajstić information content (AvgIpc) is 2.49. The van der Waals surface area contributed by atoms with Crippen molar-refractivity contribution < 1.29 is 17.9 Å². The Bertz CT molecular complexity index is 691. The number of rotatable bonds is 5. The first kappa shape index (κ1) is 18.0. The zero-order valence-electron chi connectivity index (χ0n) is 13.5. The Balaban J connectivity index is 2.51. The van der Waals surface area contributed by atoms with Crippen LogP contribution in [0.4, 0.5) is 5.69 Å². The van der Waals surface area contributed by atoms with Gasteiger partial charge in [-0.3, -0.25) is 4.31 Å². The van der Waals surface area contributed by atoms with Gasteiger partial charge in [0.2, 0.25) is 0 Å². The van der Waals surface area contributed by atoms with Gasteiger partial charge < -0.3 is 4.74 Å². The van der Waals surface area contributed by atoms with Gasteiger partial charge in [-0.25, -0.2) is 4.79 Å². The van der Waals surface area contributed by atoms with E-state index in [1.807, 2.05) is 13.8 Å². The average molecular weight is 361 g/mol. The molecule has 23 heavy (non-hydrogen) atoms. The number of nitrogens with zero attached hydrogens (tertiary/aromatic N) is 2. The molecule has 2 rings (SSSR count). The molecule has 1 heterocycles. The molecule has 8 heteroatoms. The first-order valence-electron chi connectivity index (χ1n) is 7.48. The summed E-state index contributed by atoms with van der Waals surface area (Å²) in [5.74, 6) is -0.228. The predicted octanol–water partition coefficient (Wildman–Crippen LogP) is 2.38. The normalized spacial score (nSPS) is 17.2. The first-order chi connectivity index (χ1) is 10.8. The largest absolute Gasteiger partial charge is 0.462 e. The highest BCUT2D eigenvalue weighted by molar-refractivity contribution is 7.90. The highest BCUT2D eigenvalue weighted by Crippen LogP contribution is 2.34. The number of carbonyl (C=O) groups excluding carboxylic acids is 1. The molecule has 0 fully saturated rings. The molecule has 0 saturated carbocycles. The molecule has 0 radical (unpaired) electrons. The van der Waals surface area contributed by atoms with E-state index >= 15 is 0 Å². The van der Waals surface area contributed by atoms with Crippen LogP contribution in [0.15, 0.2) is 18.2 Å². The summed E-state index contributed by atoms with van der Waals surface area (Å²) in [6.07, 6.45) is 0. The van der Waals surface area contributed by atoms with E-state index in [1.54, 1.807) is 25.1 Å². The van der Waals surface area contributed by atoms with Crippen molar-refractivity contribution in [3.05, 3.63) is 29.3 Å². The number of ether oxygens (including phenoxy) is 1. The second-order valence-electron chi connectivity index (χ2n) is 5.47.